The van der Waals surface area contributed by atoms with E-state index in [0.717, 1.165) is 9.79 Å². The summed E-state index contributed by atoms with van der Waals surface area (Å²) < 4.78 is 0. The number of hydrogen-bond donors (Lipinski definition) is 2. The molecule has 0 aromatic heterocycles. The molecule has 16 heavy (non-hydrogen) atoms. The Morgan fingerprint density at radius 1 is 0.688 bits per heavy atom. The van der Waals surface area contributed by atoms with Crippen molar-refractivity contribution < 1.29 is 0 Å². The van der Waals surface area contributed by atoms with Crippen molar-refractivity contribution in [3.63, 3.8) is 0 Å². The molecular weight excluding hydrogens is 216 g/mol. The lowest BCUT2D eigenvalue weighted by Crippen LogP contribution is -2.22. The lowest BCUT2D eigenvalue weighted by atomic mass is 10.4. The Kier molecular flexibility index (Phi) is 3.51. The van der Waals surface area contributed by atoms with Gasteiger partial charge >= 0.3 is 0 Å². The molecule has 3 heteroatoms. The van der Waals surface area contributed by atoms with Crippen LogP contribution in [0.1, 0.15) is 0 Å². The summed E-state index contributed by atoms with van der Waals surface area (Å²) in [5.41, 5.74) is 11.6. The van der Waals surface area contributed by atoms with Crippen molar-refractivity contribution in [2.24, 2.45) is 11.5 Å². The second kappa shape index (κ2) is 5.07. The maximum Gasteiger partial charge on any atom is 0.0864 e. The molecule has 0 atom stereocenters. The van der Waals surface area contributed by atoms with E-state index in [1.165, 1.54) is 0 Å². The van der Waals surface area contributed by atoms with Gasteiger partial charge in [0.15, 0.2) is 0 Å². The summed E-state index contributed by atoms with van der Waals surface area (Å²) in [7, 11) is -0.331. The van der Waals surface area contributed by atoms with E-state index >= 15 is 0 Å². The molecule has 4 N–H and O–H groups in total. The molecule has 2 nitrogen and oxygen atoms in total. The zero-order valence-corrected chi connectivity index (χ0v) is 9.65. The number of nitrogens with two attached hydrogens (primary N) is 2. The molecule has 0 spiro atoms. The van der Waals surface area contributed by atoms with Crippen LogP contribution >= 0.6 is 10.5 Å². The van der Waals surface area contributed by atoms with Crippen molar-refractivity contribution in [3.8, 4) is 0 Å². The van der Waals surface area contributed by atoms with Crippen LogP contribution in [0.2, 0.25) is 0 Å². The Bertz CT molecular complexity index is 446. The number of rotatable bonds is 2. The van der Waals surface area contributed by atoms with Gasteiger partial charge in [0.25, 0.3) is 0 Å². The lowest BCUT2D eigenvalue weighted by Gasteiger charge is -2.11. The van der Waals surface area contributed by atoms with E-state index in [4.69, 9.17) is 11.5 Å². The van der Waals surface area contributed by atoms with E-state index in [0.29, 0.717) is 5.11 Å². The predicted octanol–water partition coefficient (Wildman–Crippen LogP) is 2.38. The maximum absolute atomic E-state index is 5.81. The van der Waals surface area contributed by atoms with Crippen LogP contribution < -0.4 is 11.5 Å². The van der Waals surface area contributed by atoms with Crippen LogP contribution in [0.3, 0.4) is 0 Å². The van der Waals surface area contributed by atoms with E-state index < -0.39 is 0 Å². The smallest absolute Gasteiger partial charge is 0.0864 e. The van der Waals surface area contributed by atoms with Crippen LogP contribution in [0.5, 0.6) is 0 Å². The van der Waals surface area contributed by atoms with Crippen LogP contribution in [0.15, 0.2) is 70.5 Å². The third kappa shape index (κ3) is 2.39. The van der Waals surface area contributed by atoms with Crippen LogP contribution in [0.25, 0.3) is 0 Å². The second-order valence-electron chi connectivity index (χ2n) is 3.33. The van der Waals surface area contributed by atoms with Crippen molar-refractivity contribution in [1.29, 1.82) is 0 Å². The lowest BCUT2D eigenvalue weighted by molar-refractivity contribution is 1.40. The molecule has 0 saturated carbocycles. The van der Waals surface area contributed by atoms with Gasteiger partial charge in [-0.1, -0.05) is 46.9 Å². The van der Waals surface area contributed by atoms with E-state index in [1.54, 1.807) is 0 Å². The predicted molar refractivity (Wildman–Crippen MR) is 70.4 cm³/mol. The first-order valence-electron chi connectivity index (χ1n) is 5.01. The Morgan fingerprint density at radius 3 is 1.38 bits per heavy atom. The molecule has 0 aliphatic rings. The Morgan fingerprint density at radius 2 is 1.06 bits per heavy atom. The van der Waals surface area contributed by atoms with Gasteiger partial charge in [-0.3, -0.25) is 11.5 Å². The summed E-state index contributed by atoms with van der Waals surface area (Å²) in [6, 6.07) is 20.2. The average molecular weight is 230 g/mol. The molecule has 0 amide bonds. The monoisotopic (exact) mass is 230 g/mol. The zero-order chi connectivity index (χ0) is 11.4. The molecular formula is C13H14N2S. The van der Waals surface area contributed by atoms with Gasteiger partial charge in [-0.15, -0.1) is 0 Å². The van der Waals surface area contributed by atoms with E-state index in [9.17, 15) is 0 Å². The van der Waals surface area contributed by atoms with Crippen molar-refractivity contribution in [1.82, 2.24) is 0 Å². The third-order valence-corrected chi connectivity index (χ3v) is 4.15. The first-order chi connectivity index (χ1) is 7.79. The highest BCUT2D eigenvalue weighted by Crippen LogP contribution is 2.34. The minimum Gasteiger partial charge on any atom is -0.288 e. The van der Waals surface area contributed by atoms with Gasteiger partial charge in [0.05, 0.1) is 5.11 Å². The van der Waals surface area contributed by atoms with Crippen molar-refractivity contribution >= 4 is 15.6 Å². The summed E-state index contributed by atoms with van der Waals surface area (Å²) >= 11 is 0. The molecule has 2 aromatic carbocycles. The summed E-state index contributed by atoms with van der Waals surface area (Å²) in [5, 5.41) is 0.456. The van der Waals surface area contributed by atoms with E-state index in [-0.39, 0.29) is 10.5 Å². The van der Waals surface area contributed by atoms with Gasteiger partial charge in [-0.25, -0.2) is 0 Å². The summed E-state index contributed by atoms with van der Waals surface area (Å²) in [6.07, 6.45) is 0. The van der Waals surface area contributed by atoms with Gasteiger partial charge in [-0.2, -0.15) is 0 Å². The highest BCUT2D eigenvalue weighted by atomic mass is 32.2. The van der Waals surface area contributed by atoms with Crippen LogP contribution in [0, 0.1) is 0 Å². The molecule has 0 saturated heterocycles. The van der Waals surface area contributed by atoms with Crippen LogP contribution in [-0.4, -0.2) is 5.11 Å². The molecule has 0 aliphatic heterocycles. The van der Waals surface area contributed by atoms with E-state index in [1.807, 2.05) is 36.4 Å². The normalized spacial score (nSPS) is 10.4. The van der Waals surface area contributed by atoms with Crippen molar-refractivity contribution in [3.05, 3.63) is 60.7 Å². The molecule has 0 aliphatic carbocycles. The highest BCUT2D eigenvalue weighted by Gasteiger charge is 2.04. The fraction of sp³-hybridized carbons (Fsp3) is 0. The average Bonchev–Trinajstić information content (AvgIpc) is 2.31. The molecule has 0 unspecified atom stereocenters. The highest BCUT2D eigenvalue weighted by molar-refractivity contribution is 8.16. The minimum absolute atomic E-state index is 0.331. The fourth-order valence-electron chi connectivity index (χ4n) is 1.52. The summed E-state index contributed by atoms with van der Waals surface area (Å²) in [4.78, 5) is 2.29. The first-order valence-corrected chi connectivity index (χ1v) is 6.24. The Hall–Kier alpha value is -1.42. The van der Waals surface area contributed by atoms with E-state index in [2.05, 4.69) is 24.3 Å². The van der Waals surface area contributed by atoms with Gasteiger partial charge in [-0.05, 0) is 24.3 Å². The van der Waals surface area contributed by atoms with Crippen molar-refractivity contribution in [2.75, 3.05) is 0 Å². The molecule has 2 aromatic rings. The molecule has 0 fully saturated rings. The van der Waals surface area contributed by atoms with Gasteiger partial charge < -0.3 is 0 Å². The Balaban J connectivity index is 2.54. The SMILES string of the molecule is NC(N)=S(c1ccccc1)c1ccccc1. The third-order valence-electron chi connectivity index (χ3n) is 2.19. The number of hydrogen-bond acceptors (Lipinski definition) is 0. The second-order valence-corrected chi connectivity index (χ2v) is 5.36. The standard InChI is InChI=1S/C13H14N2S/c14-13(15)16(11-7-3-1-4-8-11)12-9-5-2-6-10-12/h1-10H,14-15H2. The quantitative estimate of drug-likeness (QED) is 0.778. The Labute approximate surface area is 97.8 Å². The number of benzene rings is 2. The fourth-order valence-corrected chi connectivity index (χ4v) is 3.20. The molecule has 0 heterocycles. The van der Waals surface area contributed by atoms with Crippen LogP contribution in [-0.2, 0) is 0 Å². The minimum atomic E-state index is -0.331. The van der Waals surface area contributed by atoms with Gasteiger partial charge in [0.1, 0.15) is 0 Å². The molecule has 0 radical (unpaired) electrons. The van der Waals surface area contributed by atoms with Gasteiger partial charge in [0, 0.05) is 9.79 Å². The largest absolute Gasteiger partial charge is 0.288 e. The maximum atomic E-state index is 5.81. The molecule has 2 rings (SSSR count). The van der Waals surface area contributed by atoms with Crippen LogP contribution in [0.4, 0.5) is 0 Å². The van der Waals surface area contributed by atoms with Crippen molar-refractivity contribution in [2.45, 2.75) is 9.79 Å². The molecule has 0 bridgehead atoms. The zero-order valence-electron chi connectivity index (χ0n) is 8.84. The summed E-state index contributed by atoms with van der Waals surface area (Å²) in [6.45, 7) is 0. The topological polar surface area (TPSA) is 52.0 Å². The van der Waals surface area contributed by atoms with Gasteiger partial charge in [0.2, 0.25) is 0 Å². The molecule has 82 valence electrons. The first kappa shape index (κ1) is 11.1. The summed E-state index contributed by atoms with van der Waals surface area (Å²) in [5.74, 6) is 0.